The summed E-state index contributed by atoms with van der Waals surface area (Å²) >= 11 is 0. The van der Waals surface area contributed by atoms with Gasteiger partial charge in [0.05, 0.1) is 19.2 Å². The number of rotatable bonds is 9. The molecular formula is C19H24F3N5O4Si. The van der Waals surface area contributed by atoms with E-state index in [0.29, 0.717) is 12.3 Å². The summed E-state index contributed by atoms with van der Waals surface area (Å²) in [5, 5.41) is 17.5. The SMILES string of the molecule is COc1cc(-c2c(CC(F)(F)F)c(C(=O)O)nn2COCC[Si](C)(C)C)cn2ncnc12. The lowest BCUT2D eigenvalue weighted by molar-refractivity contribution is -0.127. The molecule has 0 aliphatic carbocycles. The van der Waals surface area contributed by atoms with E-state index in [1.54, 1.807) is 0 Å². The molecule has 0 aliphatic rings. The number of aromatic nitrogens is 5. The zero-order chi connectivity index (χ0) is 23.7. The van der Waals surface area contributed by atoms with Crippen molar-refractivity contribution in [1.29, 1.82) is 0 Å². The minimum absolute atomic E-state index is 0.0246. The van der Waals surface area contributed by atoms with E-state index in [9.17, 15) is 23.1 Å². The number of carbonyl (C=O) groups is 1. The molecule has 0 amide bonds. The molecule has 3 aromatic heterocycles. The maximum absolute atomic E-state index is 13.4. The van der Waals surface area contributed by atoms with E-state index < -0.39 is 37.9 Å². The lowest BCUT2D eigenvalue weighted by Crippen LogP contribution is -2.22. The van der Waals surface area contributed by atoms with Crippen LogP contribution >= 0.6 is 0 Å². The average molecular weight is 472 g/mol. The summed E-state index contributed by atoms with van der Waals surface area (Å²) in [7, 11) is -0.00334. The Balaban J connectivity index is 2.13. The Morgan fingerprint density at radius 2 is 2.00 bits per heavy atom. The molecule has 0 atom stereocenters. The first-order chi connectivity index (χ1) is 14.9. The van der Waals surface area contributed by atoms with Gasteiger partial charge in [0.25, 0.3) is 0 Å². The van der Waals surface area contributed by atoms with Gasteiger partial charge in [0.15, 0.2) is 17.1 Å². The van der Waals surface area contributed by atoms with Gasteiger partial charge < -0.3 is 14.6 Å². The Morgan fingerprint density at radius 3 is 2.59 bits per heavy atom. The third kappa shape index (κ3) is 5.45. The molecule has 3 heterocycles. The highest BCUT2D eigenvalue weighted by Gasteiger charge is 2.35. The van der Waals surface area contributed by atoms with Crippen LogP contribution in [0.1, 0.15) is 16.1 Å². The van der Waals surface area contributed by atoms with Gasteiger partial charge in [-0.05, 0) is 12.1 Å². The van der Waals surface area contributed by atoms with Crippen molar-refractivity contribution in [2.24, 2.45) is 0 Å². The van der Waals surface area contributed by atoms with Crippen molar-refractivity contribution in [1.82, 2.24) is 24.4 Å². The Kier molecular flexibility index (Phi) is 6.60. The molecule has 13 heteroatoms. The summed E-state index contributed by atoms with van der Waals surface area (Å²) in [4.78, 5) is 15.8. The van der Waals surface area contributed by atoms with Gasteiger partial charge in [-0.1, -0.05) is 19.6 Å². The summed E-state index contributed by atoms with van der Waals surface area (Å²) in [6, 6.07) is 2.31. The standard InChI is InChI=1S/C19H24F3N5O4Si/c1-30-14-7-12(9-26-17(14)23-10-24-26)16-13(8-19(20,21)22)15(18(28)29)25-27(16)11-31-5-6-32(2,3)4/h7,9-10H,5-6,8,11H2,1-4H3,(H,28,29). The Bertz CT molecular complexity index is 1120. The highest BCUT2D eigenvalue weighted by molar-refractivity contribution is 6.76. The number of alkyl halides is 3. The molecule has 32 heavy (non-hydrogen) atoms. The van der Waals surface area contributed by atoms with Crippen LogP contribution in [0.4, 0.5) is 13.2 Å². The van der Waals surface area contributed by atoms with Crippen LogP contribution in [0, 0.1) is 0 Å². The molecule has 1 N–H and O–H groups in total. The van der Waals surface area contributed by atoms with Crippen molar-refractivity contribution in [2.45, 2.75) is 45.0 Å². The van der Waals surface area contributed by atoms with Crippen LogP contribution in [0.25, 0.3) is 16.9 Å². The van der Waals surface area contributed by atoms with Crippen LogP contribution in [0.3, 0.4) is 0 Å². The maximum atomic E-state index is 13.4. The number of carboxylic acid groups (broad SMARTS) is 1. The maximum Gasteiger partial charge on any atom is 0.393 e. The van der Waals surface area contributed by atoms with E-state index in [2.05, 4.69) is 34.8 Å². The van der Waals surface area contributed by atoms with Crippen molar-refractivity contribution in [2.75, 3.05) is 13.7 Å². The highest BCUT2D eigenvalue weighted by atomic mass is 28.3. The van der Waals surface area contributed by atoms with Crippen molar-refractivity contribution < 1.29 is 32.5 Å². The van der Waals surface area contributed by atoms with Crippen LogP contribution in [0.15, 0.2) is 18.6 Å². The molecule has 0 radical (unpaired) electrons. The number of halogens is 3. The number of nitrogens with zero attached hydrogens (tertiary/aromatic N) is 5. The van der Waals surface area contributed by atoms with Gasteiger partial charge >= 0.3 is 12.1 Å². The third-order valence-electron chi connectivity index (χ3n) is 4.68. The number of aromatic carboxylic acids is 1. The first-order valence-corrected chi connectivity index (χ1v) is 13.5. The molecule has 0 saturated heterocycles. The van der Waals surface area contributed by atoms with E-state index in [-0.39, 0.29) is 23.7 Å². The van der Waals surface area contributed by atoms with Gasteiger partial charge in [-0.2, -0.15) is 23.4 Å². The normalized spacial score (nSPS) is 12.5. The Hall–Kier alpha value is -2.93. The summed E-state index contributed by atoms with van der Waals surface area (Å²) in [6.45, 7) is 6.69. The van der Waals surface area contributed by atoms with Crippen LogP contribution in [-0.2, 0) is 17.9 Å². The summed E-state index contributed by atoms with van der Waals surface area (Å²) in [6.07, 6.45) is -3.38. The molecule has 0 unspecified atom stereocenters. The molecule has 0 bridgehead atoms. The summed E-state index contributed by atoms with van der Waals surface area (Å²) < 4.78 is 53.6. The minimum Gasteiger partial charge on any atom is -0.493 e. The lowest BCUT2D eigenvalue weighted by Gasteiger charge is -2.16. The fraction of sp³-hybridized carbons (Fsp3) is 0.474. The first-order valence-electron chi connectivity index (χ1n) is 9.75. The molecule has 3 aromatic rings. The van der Waals surface area contributed by atoms with Crippen LogP contribution in [-0.4, -0.2) is 63.4 Å². The highest BCUT2D eigenvalue weighted by Crippen LogP contribution is 2.34. The molecule has 0 aliphatic heterocycles. The van der Waals surface area contributed by atoms with E-state index in [1.807, 2.05) is 0 Å². The third-order valence-corrected chi connectivity index (χ3v) is 6.38. The fourth-order valence-corrected chi connectivity index (χ4v) is 3.92. The smallest absolute Gasteiger partial charge is 0.393 e. The van der Waals surface area contributed by atoms with Gasteiger partial charge in [0.1, 0.15) is 13.1 Å². The predicted molar refractivity (Wildman–Crippen MR) is 112 cm³/mol. The number of ether oxygens (including phenoxy) is 2. The molecule has 0 aromatic carbocycles. The van der Waals surface area contributed by atoms with Crippen molar-refractivity contribution in [3.8, 4) is 17.0 Å². The molecule has 9 nitrogen and oxygen atoms in total. The topological polar surface area (TPSA) is 104 Å². The zero-order valence-electron chi connectivity index (χ0n) is 18.1. The van der Waals surface area contributed by atoms with Crippen LogP contribution in [0.2, 0.25) is 25.7 Å². The van der Waals surface area contributed by atoms with E-state index in [4.69, 9.17) is 9.47 Å². The number of pyridine rings is 1. The number of hydrogen-bond acceptors (Lipinski definition) is 6. The van der Waals surface area contributed by atoms with Crippen molar-refractivity contribution in [3.63, 3.8) is 0 Å². The summed E-state index contributed by atoms with van der Waals surface area (Å²) in [5.74, 6) is -1.29. The Labute approximate surface area is 182 Å². The molecule has 0 fully saturated rings. The fourth-order valence-electron chi connectivity index (χ4n) is 3.16. The van der Waals surface area contributed by atoms with Gasteiger partial charge in [-0.3, -0.25) is 0 Å². The number of fused-ring (bicyclic) bond motifs is 1. The second kappa shape index (κ2) is 8.90. The first kappa shape index (κ1) is 23.7. The second-order valence-corrected chi connectivity index (χ2v) is 14.1. The molecule has 0 saturated carbocycles. The van der Waals surface area contributed by atoms with Crippen LogP contribution in [0.5, 0.6) is 5.75 Å². The van der Waals surface area contributed by atoms with Gasteiger partial charge in [-0.25, -0.2) is 19.0 Å². The molecule has 174 valence electrons. The molecule has 3 rings (SSSR count). The quantitative estimate of drug-likeness (QED) is 0.375. The van der Waals surface area contributed by atoms with Gasteiger partial charge in [0.2, 0.25) is 0 Å². The van der Waals surface area contributed by atoms with Crippen molar-refractivity contribution in [3.05, 3.63) is 29.8 Å². The predicted octanol–water partition coefficient (Wildman–Crippen LogP) is 3.72. The van der Waals surface area contributed by atoms with E-state index in [1.165, 1.54) is 30.2 Å². The lowest BCUT2D eigenvalue weighted by atomic mass is 10.0. The second-order valence-electron chi connectivity index (χ2n) is 8.45. The number of methoxy groups -OCH3 is 1. The molecule has 0 spiro atoms. The van der Waals surface area contributed by atoms with E-state index in [0.717, 1.165) is 10.7 Å². The average Bonchev–Trinajstić information content (AvgIpc) is 3.27. The Morgan fingerprint density at radius 1 is 1.28 bits per heavy atom. The van der Waals surface area contributed by atoms with Crippen molar-refractivity contribution >= 4 is 19.7 Å². The van der Waals surface area contributed by atoms with Gasteiger partial charge in [0, 0.05) is 32.0 Å². The van der Waals surface area contributed by atoms with Crippen LogP contribution < -0.4 is 4.74 Å². The van der Waals surface area contributed by atoms with E-state index >= 15 is 0 Å². The number of carboxylic acids is 1. The number of hydrogen-bond donors (Lipinski definition) is 1. The summed E-state index contributed by atoms with van der Waals surface area (Å²) in [5.41, 5.74) is -0.551. The monoisotopic (exact) mass is 471 g/mol. The van der Waals surface area contributed by atoms with Gasteiger partial charge in [-0.15, -0.1) is 0 Å². The largest absolute Gasteiger partial charge is 0.493 e. The minimum atomic E-state index is -4.65. The molecular weight excluding hydrogens is 447 g/mol. The zero-order valence-corrected chi connectivity index (χ0v) is 19.1.